The second-order valence-corrected chi connectivity index (χ2v) is 7.90. The molecule has 27 heavy (non-hydrogen) atoms. The lowest BCUT2D eigenvalue weighted by atomic mass is 10.0. The van der Waals surface area contributed by atoms with Gasteiger partial charge in [-0.1, -0.05) is 27.7 Å². The summed E-state index contributed by atoms with van der Waals surface area (Å²) in [5, 5.41) is 4.83. The van der Waals surface area contributed by atoms with E-state index < -0.39 is 11.6 Å². The standard InChI is InChI=1S/C21H27F2N3O/c1-13(2)19-12-20(14(3)4)26(24-19)16-7-9-25(10-8-16)21(27)15-5-6-17(22)18(23)11-15/h5-6,11-14,16H,7-10H2,1-4H3. The smallest absolute Gasteiger partial charge is 0.253 e. The number of nitrogens with zero attached hydrogens (tertiary/aromatic N) is 3. The zero-order valence-corrected chi connectivity index (χ0v) is 16.4. The molecule has 1 fully saturated rings. The number of carbonyl (C=O) groups is 1. The highest BCUT2D eigenvalue weighted by Crippen LogP contribution is 2.29. The Morgan fingerprint density at radius 3 is 2.26 bits per heavy atom. The molecule has 0 spiro atoms. The average Bonchev–Trinajstić information content (AvgIpc) is 3.09. The molecule has 1 aromatic carbocycles. The van der Waals surface area contributed by atoms with Crippen molar-refractivity contribution in [3.05, 3.63) is 52.9 Å². The Hall–Kier alpha value is -2.24. The summed E-state index contributed by atoms with van der Waals surface area (Å²) in [4.78, 5) is 14.3. The van der Waals surface area contributed by atoms with Crippen LogP contribution in [0.3, 0.4) is 0 Å². The summed E-state index contributed by atoms with van der Waals surface area (Å²) in [5.41, 5.74) is 2.51. The minimum atomic E-state index is -0.991. The number of rotatable bonds is 4. The van der Waals surface area contributed by atoms with E-state index in [1.54, 1.807) is 4.90 Å². The van der Waals surface area contributed by atoms with E-state index in [1.165, 1.54) is 11.8 Å². The molecule has 4 nitrogen and oxygen atoms in total. The zero-order valence-electron chi connectivity index (χ0n) is 16.4. The number of benzene rings is 1. The van der Waals surface area contributed by atoms with Gasteiger partial charge in [0.05, 0.1) is 11.7 Å². The molecule has 146 valence electrons. The van der Waals surface area contributed by atoms with E-state index in [0.717, 1.165) is 30.7 Å². The summed E-state index contributed by atoms with van der Waals surface area (Å²) in [7, 11) is 0. The van der Waals surface area contributed by atoms with Gasteiger partial charge in [-0.25, -0.2) is 8.78 Å². The van der Waals surface area contributed by atoms with Crippen molar-refractivity contribution >= 4 is 5.91 Å². The molecule has 0 N–H and O–H groups in total. The van der Waals surface area contributed by atoms with Crippen molar-refractivity contribution < 1.29 is 13.6 Å². The van der Waals surface area contributed by atoms with Gasteiger partial charge >= 0.3 is 0 Å². The van der Waals surface area contributed by atoms with Crippen LogP contribution in [-0.4, -0.2) is 33.7 Å². The van der Waals surface area contributed by atoms with Gasteiger partial charge in [0.25, 0.3) is 5.91 Å². The van der Waals surface area contributed by atoms with Gasteiger partial charge in [-0.05, 0) is 48.9 Å². The molecule has 1 amide bonds. The van der Waals surface area contributed by atoms with Crippen LogP contribution in [0.15, 0.2) is 24.3 Å². The SMILES string of the molecule is CC(C)c1cc(C(C)C)n(C2CCN(C(=O)c3ccc(F)c(F)c3)CC2)n1. The summed E-state index contributed by atoms with van der Waals surface area (Å²) < 4.78 is 28.7. The second-order valence-electron chi connectivity index (χ2n) is 7.90. The Kier molecular flexibility index (Phi) is 5.63. The van der Waals surface area contributed by atoms with Crippen molar-refractivity contribution in [2.45, 2.75) is 58.4 Å². The van der Waals surface area contributed by atoms with E-state index in [-0.39, 0.29) is 17.5 Å². The number of likely N-dealkylation sites (tertiary alicyclic amines) is 1. The fraction of sp³-hybridized carbons (Fsp3) is 0.524. The number of hydrogen-bond acceptors (Lipinski definition) is 2. The molecule has 0 aliphatic carbocycles. The first-order valence-electron chi connectivity index (χ1n) is 9.61. The Balaban J connectivity index is 1.72. The van der Waals surface area contributed by atoms with Gasteiger partial charge in [-0.15, -0.1) is 0 Å². The van der Waals surface area contributed by atoms with Crippen molar-refractivity contribution in [1.29, 1.82) is 0 Å². The highest BCUT2D eigenvalue weighted by molar-refractivity contribution is 5.94. The molecule has 0 radical (unpaired) electrons. The second kappa shape index (κ2) is 7.79. The van der Waals surface area contributed by atoms with Gasteiger partial charge in [-0.2, -0.15) is 5.10 Å². The van der Waals surface area contributed by atoms with Gasteiger partial charge in [0, 0.05) is 24.3 Å². The van der Waals surface area contributed by atoms with Crippen LogP contribution >= 0.6 is 0 Å². The van der Waals surface area contributed by atoms with Crippen molar-refractivity contribution in [2.75, 3.05) is 13.1 Å². The zero-order chi connectivity index (χ0) is 19.7. The Bertz CT molecular complexity index is 821. The minimum absolute atomic E-state index is 0.191. The van der Waals surface area contributed by atoms with E-state index in [2.05, 4.69) is 38.4 Å². The van der Waals surface area contributed by atoms with Gasteiger partial charge in [0.15, 0.2) is 11.6 Å². The van der Waals surface area contributed by atoms with Crippen LogP contribution in [-0.2, 0) is 0 Å². The minimum Gasteiger partial charge on any atom is -0.338 e. The first kappa shape index (κ1) is 19.5. The van der Waals surface area contributed by atoms with E-state index >= 15 is 0 Å². The largest absolute Gasteiger partial charge is 0.338 e. The number of hydrogen-bond donors (Lipinski definition) is 0. The molecule has 0 atom stereocenters. The third-order valence-corrected chi connectivity index (χ3v) is 5.23. The fourth-order valence-electron chi connectivity index (χ4n) is 3.56. The van der Waals surface area contributed by atoms with Crippen LogP contribution in [0.25, 0.3) is 0 Å². The van der Waals surface area contributed by atoms with Gasteiger partial charge < -0.3 is 4.90 Å². The third kappa shape index (κ3) is 4.04. The molecule has 1 saturated heterocycles. The molecule has 3 rings (SSSR count). The van der Waals surface area contributed by atoms with Crippen LogP contribution in [0.2, 0.25) is 0 Å². The molecular weight excluding hydrogens is 348 g/mol. The number of aromatic nitrogens is 2. The van der Waals surface area contributed by atoms with Crippen LogP contribution in [0, 0.1) is 11.6 Å². The molecule has 1 aromatic heterocycles. The van der Waals surface area contributed by atoms with Crippen molar-refractivity contribution in [3.8, 4) is 0 Å². The molecular formula is C21H27F2N3O. The predicted molar refractivity (Wildman–Crippen MR) is 101 cm³/mol. The van der Waals surface area contributed by atoms with Crippen LogP contribution < -0.4 is 0 Å². The van der Waals surface area contributed by atoms with Crippen molar-refractivity contribution in [2.24, 2.45) is 0 Å². The highest BCUT2D eigenvalue weighted by atomic mass is 19.2. The summed E-state index contributed by atoms with van der Waals surface area (Å²) in [6, 6.07) is 5.76. The van der Waals surface area contributed by atoms with Crippen LogP contribution in [0.4, 0.5) is 8.78 Å². The third-order valence-electron chi connectivity index (χ3n) is 5.23. The van der Waals surface area contributed by atoms with Crippen molar-refractivity contribution in [1.82, 2.24) is 14.7 Å². The lowest BCUT2D eigenvalue weighted by Crippen LogP contribution is -2.39. The molecule has 1 aliphatic rings. The fourth-order valence-corrected chi connectivity index (χ4v) is 3.56. The Labute approximate surface area is 159 Å². The maximum absolute atomic E-state index is 13.4. The Morgan fingerprint density at radius 2 is 1.70 bits per heavy atom. The summed E-state index contributed by atoms with van der Waals surface area (Å²) in [6.45, 7) is 9.77. The predicted octanol–water partition coefficient (Wildman–Crippen LogP) is 4.89. The van der Waals surface area contributed by atoms with Crippen molar-refractivity contribution in [3.63, 3.8) is 0 Å². The number of amides is 1. The summed E-state index contributed by atoms with van der Waals surface area (Å²) in [5.74, 6) is -1.42. The van der Waals surface area contributed by atoms with E-state index in [9.17, 15) is 13.6 Å². The highest BCUT2D eigenvalue weighted by Gasteiger charge is 2.27. The quantitative estimate of drug-likeness (QED) is 0.763. The molecule has 0 bridgehead atoms. The van der Waals surface area contributed by atoms with E-state index in [0.29, 0.717) is 24.9 Å². The maximum Gasteiger partial charge on any atom is 0.253 e. The van der Waals surface area contributed by atoms with Crippen LogP contribution in [0.5, 0.6) is 0 Å². The van der Waals surface area contributed by atoms with Gasteiger partial charge in [-0.3, -0.25) is 9.48 Å². The van der Waals surface area contributed by atoms with Gasteiger partial charge in [0.1, 0.15) is 0 Å². The molecule has 2 heterocycles. The maximum atomic E-state index is 13.4. The lowest BCUT2D eigenvalue weighted by Gasteiger charge is -2.33. The summed E-state index contributed by atoms with van der Waals surface area (Å²) in [6.07, 6.45) is 1.60. The monoisotopic (exact) mass is 375 g/mol. The average molecular weight is 375 g/mol. The van der Waals surface area contributed by atoms with E-state index in [4.69, 9.17) is 5.10 Å². The van der Waals surface area contributed by atoms with Crippen LogP contribution in [0.1, 0.15) is 80.2 Å². The molecule has 2 aromatic rings. The number of carbonyl (C=O) groups excluding carboxylic acids is 1. The normalized spacial score (nSPS) is 15.8. The Morgan fingerprint density at radius 1 is 1.04 bits per heavy atom. The first-order valence-corrected chi connectivity index (χ1v) is 9.61. The number of halogens is 2. The van der Waals surface area contributed by atoms with E-state index in [1.807, 2.05) is 0 Å². The molecule has 0 unspecified atom stereocenters. The summed E-state index contributed by atoms with van der Waals surface area (Å²) >= 11 is 0. The van der Waals surface area contributed by atoms with Gasteiger partial charge in [0.2, 0.25) is 0 Å². The molecule has 6 heteroatoms. The molecule has 1 aliphatic heterocycles. The number of piperidine rings is 1. The topological polar surface area (TPSA) is 38.1 Å². The lowest BCUT2D eigenvalue weighted by molar-refractivity contribution is 0.0687. The first-order chi connectivity index (χ1) is 12.8. The molecule has 0 saturated carbocycles.